The monoisotopic (exact) mass is 555 g/mol. The van der Waals surface area contributed by atoms with Crippen LogP contribution >= 0.6 is 23.2 Å². The molecule has 0 aliphatic heterocycles. The number of hydrogen-bond donors (Lipinski definition) is 1. The molecule has 0 unspecified atom stereocenters. The van der Waals surface area contributed by atoms with Crippen LogP contribution in [0.25, 0.3) is 5.69 Å². The molecule has 8 nitrogen and oxygen atoms in total. The number of halogens is 2. The number of hydrazone groups is 1. The van der Waals surface area contributed by atoms with E-state index in [1.54, 1.807) is 28.9 Å². The molecule has 3 aromatic carbocycles. The van der Waals surface area contributed by atoms with Crippen molar-refractivity contribution in [3.63, 3.8) is 0 Å². The molecule has 0 saturated heterocycles. The number of nitrogens with zero attached hydrogens (tertiary/aromatic N) is 4. The second kappa shape index (κ2) is 11.2. The van der Waals surface area contributed by atoms with Gasteiger partial charge >= 0.3 is 0 Å². The van der Waals surface area contributed by atoms with Gasteiger partial charge in [-0.05, 0) is 62.4 Å². The number of amides is 1. The molecule has 0 fully saturated rings. The zero-order chi connectivity index (χ0) is 26.6. The summed E-state index contributed by atoms with van der Waals surface area (Å²) in [4.78, 5) is 12.9. The highest BCUT2D eigenvalue weighted by Crippen LogP contribution is 2.25. The van der Waals surface area contributed by atoms with E-state index >= 15 is 0 Å². The lowest BCUT2D eigenvalue weighted by molar-refractivity contribution is -0.119. The maximum Gasteiger partial charge on any atom is 0.264 e. The summed E-state index contributed by atoms with van der Waals surface area (Å²) >= 11 is 12.3. The van der Waals surface area contributed by atoms with Crippen molar-refractivity contribution in [1.29, 1.82) is 0 Å². The fourth-order valence-electron chi connectivity index (χ4n) is 3.54. The summed E-state index contributed by atoms with van der Waals surface area (Å²) < 4.78 is 29.5. The minimum absolute atomic E-state index is 0.0556. The van der Waals surface area contributed by atoms with Crippen molar-refractivity contribution in [3.8, 4) is 5.69 Å². The first kappa shape index (κ1) is 26.4. The number of aryl methyl sites for hydroxylation is 1. The van der Waals surface area contributed by atoms with Crippen LogP contribution in [-0.2, 0) is 14.8 Å². The lowest BCUT2D eigenvalue weighted by Gasteiger charge is -2.23. The highest BCUT2D eigenvalue weighted by molar-refractivity contribution is 7.92. The van der Waals surface area contributed by atoms with Crippen LogP contribution in [0.2, 0.25) is 10.2 Å². The van der Waals surface area contributed by atoms with E-state index in [-0.39, 0.29) is 15.7 Å². The van der Waals surface area contributed by atoms with Crippen molar-refractivity contribution in [2.75, 3.05) is 10.8 Å². The quantitative estimate of drug-likeness (QED) is 0.240. The van der Waals surface area contributed by atoms with E-state index < -0.39 is 22.5 Å². The van der Waals surface area contributed by atoms with E-state index in [1.165, 1.54) is 30.5 Å². The Bertz CT molecular complexity index is 1540. The largest absolute Gasteiger partial charge is 0.271 e. The number of rotatable bonds is 8. The number of nitrogens with one attached hydrogen (secondary N) is 1. The molecule has 0 bridgehead atoms. The summed E-state index contributed by atoms with van der Waals surface area (Å²) in [6.07, 6.45) is 1.38. The van der Waals surface area contributed by atoms with E-state index in [0.29, 0.717) is 10.6 Å². The van der Waals surface area contributed by atoms with Gasteiger partial charge in [0.1, 0.15) is 6.54 Å². The van der Waals surface area contributed by atoms with E-state index in [9.17, 15) is 13.2 Å². The van der Waals surface area contributed by atoms with Crippen LogP contribution in [-0.4, -0.2) is 36.9 Å². The van der Waals surface area contributed by atoms with Crippen molar-refractivity contribution < 1.29 is 13.2 Å². The molecule has 1 N–H and O–H groups in total. The molecule has 0 atom stereocenters. The molecule has 0 aliphatic carbocycles. The van der Waals surface area contributed by atoms with Gasteiger partial charge in [0.2, 0.25) is 0 Å². The average molecular weight is 556 g/mol. The fourth-order valence-corrected chi connectivity index (χ4v) is 5.35. The van der Waals surface area contributed by atoms with Gasteiger partial charge < -0.3 is 0 Å². The van der Waals surface area contributed by atoms with E-state index in [2.05, 4.69) is 15.6 Å². The molecule has 0 spiro atoms. The number of hydrogen-bond acceptors (Lipinski definition) is 5. The Balaban J connectivity index is 1.55. The van der Waals surface area contributed by atoms with Gasteiger partial charge in [0.05, 0.1) is 33.7 Å². The van der Waals surface area contributed by atoms with Crippen LogP contribution in [0.1, 0.15) is 16.8 Å². The predicted octanol–water partition coefficient (Wildman–Crippen LogP) is 5.14. The first-order valence-electron chi connectivity index (χ1n) is 11.1. The lowest BCUT2D eigenvalue weighted by atomic mass is 10.2. The number of sulfonamides is 1. The number of carbonyl (C=O) groups excluding carboxylic acids is 1. The fraction of sp³-hybridized carbons (Fsp3) is 0.115. The third kappa shape index (κ3) is 6.02. The number of benzene rings is 3. The molecule has 190 valence electrons. The standard InChI is InChI=1S/C26H23Cl2N5O3S/c1-18-8-14-23(15-9-18)37(35,36)32(21-12-10-20(27)11-13-21)17-25(34)30-29-16-24-19(2)33(31-26(24)28)22-6-4-3-5-7-22/h3-16H,17H2,1-2H3,(H,30,34)/b29-16-. The van der Waals surface area contributed by atoms with Crippen molar-refractivity contribution in [1.82, 2.24) is 15.2 Å². The zero-order valence-electron chi connectivity index (χ0n) is 20.0. The summed E-state index contributed by atoms with van der Waals surface area (Å²) in [7, 11) is -4.05. The molecule has 1 amide bonds. The van der Waals surface area contributed by atoms with Crippen LogP contribution in [0.4, 0.5) is 5.69 Å². The van der Waals surface area contributed by atoms with Crippen LogP contribution in [0.5, 0.6) is 0 Å². The van der Waals surface area contributed by atoms with Crippen LogP contribution in [0.15, 0.2) is 88.9 Å². The van der Waals surface area contributed by atoms with Gasteiger partial charge in [0.15, 0.2) is 5.15 Å². The van der Waals surface area contributed by atoms with Crippen molar-refractivity contribution in [2.24, 2.45) is 5.10 Å². The molecule has 1 aromatic heterocycles. The van der Waals surface area contributed by atoms with E-state index in [0.717, 1.165) is 21.2 Å². The molecule has 4 rings (SSSR count). The molecule has 11 heteroatoms. The Morgan fingerprint density at radius 2 is 1.65 bits per heavy atom. The van der Waals surface area contributed by atoms with Gasteiger partial charge in [-0.15, -0.1) is 0 Å². The SMILES string of the molecule is Cc1ccc(S(=O)(=O)N(CC(=O)N/N=C\c2c(Cl)nn(-c3ccccc3)c2C)c2ccc(Cl)cc2)cc1. The van der Waals surface area contributed by atoms with Gasteiger partial charge in [-0.25, -0.2) is 18.5 Å². The molecule has 37 heavy (non-hydrogen) atoms. The zero-order valence-corrected chi connectivity index (χ0v) is 22.3. The molecular formula is C26H23Cl2N5O3S. The minimum Gasteiger partial charge on any atom is -0.271 e. The number of anilines is 1. The summed E-state index contributed by atoms with van der Waals surface area (Å²) in [5, 5.41) is 8.97. The predicted molar refractivity (Wildman–Crippen MR) is 146 cm³/mol. The molecule has 0 saturated carbocycles. The maximum atomic E-state index is 13.4. The third-order valence-electron chi connectivity index (χ3n) is 5.51. The first-order valence-corrected chi connectivity index (χ1v) is 13.3. The Kier molecular flexibility index (Phi) is 7.97. The molecule has 0 radical (unpaired) electrons. The van der Waals surface area contributed by atoms with Gasteiger partial charge in [0.25, 0.3) is 15.9 Å². The van der Waals surface area contributed by atoms with Crippen molar-refractivity contribution in [3.05, 3.63) is 106 Å². The lowest BCUT2D eigenvalue weighted by Crippen LogP contribution is -2.39. The molecule has 0 aliphatic rings. The highest BCUT2D eigenvalue weighted by Gasteiger charge is 2.27. The van der Waals surface area contributed by atoms with Gasteiger partial charge in [-0.3, -0.25) is 9.10 Å². The van der Waals surface area contributed by atoms with Crippen LogP contribution in [0.3, 0.4) is 0 Å². The number of aromatic nitrogens is 2. The smallest absolute Gasteiger partial charge is 0.264 e. The van der Waals surface area contributed by atoms with Gasteiger partial charge in [-0.2, -0.15) is 10.2 Å². The Morgan fingerprint density at radius 1 is 1.00 bits per heavy atom. The highest BCUT2D eigenvalue weighted by atomic mass is 35.5. The molecule has 4 aromatic rings. The Hall–Kier alpha value is -3.66. The normalized spacial score (nSPS) is 11.6. The van der Waals surface area contributed by atoms with E-state index in [4.69, 9.17) is 23.2 Å². The van der Waals surface area contributed by atoms with Gasteiger partial charge in [0, 0.05) is 5.02 Å². The van der Waals surface area contributed by atoms with Crippen LogP contribution in [0, 0.1) is 13.8 Å². The minimum atomic E-state index is -4.05. The third-order valence-corrected chi connectivity index (χ3v) is 7.83. The van der Waals surface area contributed by atoms with Gasteiger partial charge in [-0.1, -0.05) is 59.1 Å². The number of para-hydroxylation sites is 1. The first-order chi connectivity index (χ1) is 17.7. The Morgan fingerprint density at radius 3 is 2.30 bits per heavy atom. The van der Waals surface area contributed by atoms with Crippen LogP contribution < -0.4 is 9.73 Å². The summed E-state index contributed by atoms with van der Waals surface area (Å²) in [6.45, 7) is 3.17. The van der Waals surface area contributed by atoms with E-state index in [1.807, 2.05) is 44.2 Å². The molecular weight excluding hydrogens is 533 g/mol. The average Bonchev–Trinajstić information content (AvgIpc) is 3.17. The number of carbonyl (C=O) groups is 1. The van der Waals surface area contributed by atoms with Crippen molar-refractivity contribution >= 4 is 51.0 Å². The second-order valence-electron chi connectivity index (χ2n) is 8.13. The molecule has 1 heterocycles. The summed E-state index contributed by atoms with van der Waals surface area (Å²) in [5.74, 6) is -0.647. The second-order valence-corrected chi connectivity index (χ2v) is 10.8. The van der Waals surface area contributed by atoms with Crippen molar-refractivity contribution in [2.45, 2.75) is 18.7 Å². The topological polar surface area (TPSA) is 96.7 Å². The summed E-state index contributed by atoms with van der Waals surface area (Å²) in [5.41, 5.74) is 5.64. The Labute approximate surface area is 225 Å². The maximum absolute atomic E-state index is 13.4. The summed E-state index contributed by atoms with van der Waals surface area (Å²) in [6, 6.07) is 22.0.